The first-order chi connectivity index (χ1) is 16.1. The lowest BCUT2D eigenvalue weighted by Gasteiger charge is -2.29. The molecule has 0 saturated heterocycles. The van der Waals surface area contributed by atoms with Crippen molar-refractivity contribution in [2.24, 2.45) is 5.92 Å². The summed E-state index contributed by atoms with van der Waals surface area (Å²) in [5, 5.41) is 8.30. The third-order valence-electron chi connectivity index (χ3n) is 6.43. The highest BCUT2D eigenvalue weighted by atomic mass is 16.5. The number of para-hydroxylation sites is 1. The van der Waals surface area contributed by atoms with Crippen LogP contribution < -0.4 is 25.0 Å². The van der Waals surface area contributed by atoms with Gasteiger partial charge in [0.05, 0.1) is 19.7 Å². The SMILES string of the molecule is COc1ccc(CNCC2CCC(Nc3nc(N(C)C)c4ccccc4n3)CC2)c(OC)c1. The zero-order chi connectivity index (χ0) is 23.2. The number of nitrogens with one attached hydrogen (secondary N) is 2. The predicted octanol–water partition coefficient (Wildman–Crippen LogP) is 4.47. The number of anilines is 2. The van der Waals surface area contributed by atoms with Crippen LogP contribution in [0.25, 0.3) is 10.9 Å². The number of aromatic nitrogens is 2. The van der Waals surface area contributed by atoms with Crippen LogP contribution in [-0.4, -0.2) is 50.9 Å². The number of hydrogen-bond donors (Lipinski definition) is 2. The van der Waals surface area contributed by atoms with Crippen LogP contribution in [0.5, 0.6) is 11.5 Å². The van der Waals surface area contributed by atoms with E-state index < -0.39 is 0 Å². The lowest BCUT2D eigenvalue weighted by atomic mass is 9.86. The van der Waals surface area contributed by atoms with Gasteiger partial charge < -0.3 is 25.0 Å². The van der Waals surface area contributed by atoms with Crippen LogP contribution in [0.4, 0.5) is 11.8 Å². The van der Waals surface area contributed by atoms with E-state index in [2.05, 4.69) is 33.7 Å². The van der Waals surface area contributed by atoms with E-state index in [1.54, 1.807) is 14.2 Å². The van der Waals surface area contributed by atoms with Gasteiger partial charge in [0.25, 0.3) is 0 Å². The third kappa shape index (κ3) is 5.66. The van der Waals surface area contributed by atoms with Crippen LogP contribution >= 0.6 is 0 Å². The minimum Gasteiger partial charge on any atom is -0.497 e. The van der Waals surface area contributed by atoms with E-state index in [9.17, 15) is 0 Å². The molecule has 0 aliphatic heterocycles. The van der Waals surface area contributed by atoms with Gasteiger partial charge in [-0.2, -0.15) is 4.98 Å². The lowest BCUT2D eigenvalue weighted by molar-refractivity contribution is 0.322. The van der Waals surface area contributed by atoms with E-state index in [4.69, 9.17) is 19.4 Å². The number of fused-ring (bicyclic) bond motifs is 1. The van der Waals surface area contributed by atoms with Crippen LogP contribution in [0, 0.1) is 5.92 Å². The first kappa shape index (κ1) is 23.1. The van der Waals surface area contributed by atoms with Gasteiger partial charge in [-0.15, -0.1) is 0 Å². The number of ether oxygens (including phenoxy) is 2. The first-order valence-corrected chi connectivity index (χ1v) is 11.7. The largest absolute Gasteiger partial charge is 0.497 e. The van der Waals surface area contributed by atoms with Crippen molar-refractivity contribution >= 4 is 22.7 Å². The van der Waals surface area contributed by atoms with Crippen LogP contribution in [-0.2, 0) is 6.54 Å². The van der Waals surface area contributed by atoms with Crippen molar-refractivity contribution in [1.82, 2.24) is 15.3 Å². The Morgan fingerprint density at radius 1 is 0.970 bits per heavy atom. The Morgan fingerprint density at radius 3 is 2.48 bits per heavy atom. The number of benzene rings is 2. The maximum absolute atomic E-state index is 5.51. The summed E-state index contributed by atoms with van der Waals surface area (Å²) in [5.41, 5.74) is 2.13. The van der Waals surface area contributed by atoms with Gasteiger partial charge in [-0.25, -0.2) is 4.98 Å². The smallest absolute Gasteiger partial charge is 0.225 e. The van der Waals surface area contributed by atoms with Crippen LogP contribution in [0.15, 0.2) is 42.5 Å². The predicted molar refractivity (Wildman–Crippen MR) is 134 cm³/mol. The molecule has 1 aromatic heterocycles. The Bertz CT molecular complexity index is 1060. The Morgan fingerprint density at radius 2 is 1.76 bits per heavy atom. The molecule has 0 atom stereocenters. The van der Waals surface area contributed by atoms with Crippen LogP contribution in [0.1, 0.15) is 31.2 Å². The molecule has 0 radical (unpaired) electrons. The van der Waals surface area contributed by atoms with Crippen molar-refractivity contribution in [3.8, 4) is 11.5 Å². The van der Waals surface area contributed by atoms with E-state index in [0.717, 1.165) is 65.7 Å². The van der Waals surface area contributed by atoms with E-state index in [-0.39, 0.29) is 0 Å². The van der Waals surface area contributed by atoms with Crippen LogP contribution in [0.2, 0.25) is 0 Å². The van der Waals surface area contributed by atoms with Crippen molar-refractivity contribution in [1.29, 1.82) is 0 Å². The highest BCUT2D eigenvalue weighted by Gasteiger charge is 2.22. The molecule has 1 fully saturated rings. The molecule has 1 saturated carbocycles. The average molecular weight is 450 g/mol. The molecular formula is C26H35N5O2. The van der Waals surface area contributed by atoms with Gasteiger partial charge in [-0.3, -0.25) is 0 Å². The highest BCUT2D eigenvalue weighted by Crippen LogP contribution is 2.29. The number of hydrogen-bond acceptors (Lipinski definition) is 7. The van der Waals surface area contributed by atoms with Crippen molar-refractivity contribution in [3.05, 3.63) is 48.0 Å². The maximum atomic E-state index is 5.51. The summed E-state index contributed by atoms with van der Waals surface area (Å²) in [6.45, 7) is 1.81. The Balaban J connectivity index is 1.28. The second-order valence-corrected chi connectivity index (χ2v) is 8.95. The second-order valence-electron chi connectivity index (χ2n) is 8.95. The Labute approximate surface area is 196 Å². The van der Waals surface area contributed by atoms with Crippen molar-refractivity contribution in [3.63, 3.8) is 0 Å². The molecule has 4 rings (SSSR count). The van der Waals surface area contributed by atoms with E-state index in [1.807, 2.05) is 38.4 Å². The summed E-state index contributed by atoms with van der Waals surface area (Å²) >= 11 is 0. The van der Waals surface area contributed by atoms with Crippen molar-refractivity contribution < 1.29 is 9.47 Å². The molecule has 0 unspecified atom stereocenters. The maximum Gasteiger partial charge on any atom is 0.225 e. The molecule has 2 aromatic carbocycles. The Hall–Kier alpha value is -3.06. The minimum atomic E-state index is 0.416. The minimum absolute atomic E-state index is 0.416. The summed E-state index contributed by atoms with van der Waals surface area (Å²) in [6, 6.07) is 14.6. The van der Waals surface area contributed by atoms with Crippen molar-refractivity contribution in [2.45, 2.75) is 38.3 Å². The molecule has 3 aromatic rings. The van der Waals surface area contributed by atoms with Gasteiger partial charge in [0.15, 0.2) is 0 Å². The first-order valence-electron chi connectivity index (χ1n) is 11.7. The van der Waals surface area contributed by atoms with Gasteiger partial charge in [-0.05, 0) is 56.3 Å². The number of methoxy groups -OCH3 is 2. The fourth-order valence-corrected chi connectivity index (χ4v) is 4.57. The summed E-state index contributed by atoms with van der Waals surface area (Å²) in [7, 11) is 7.43. The molecule has 0 spiro atoms. The van der Waals surface area contributed by atoms with Gasteiger partial charge in [-0.1, -0.05) is 18.2 Å². The molecule has 2 N–H and O–H groups in total. The van der Waals surface area contributed by atoms with Crippen molar-refractivity contribution in [2.75, 3.05) is 45.1 Å². The summed E-state index contributed by atoms with van der Waals surface area (Å²) in [6.07, 6.45) is 4.65. The van der Waals surface area contributed by atoms with Gasteiger partial charge in [0.1, 0.15) is 17.3 Å². The zero-order valence-corrected chi connectivity index (χ0v) is 20.1. The highest BCUT2D eigenvalue weighted by molar-refractivity contribution is 5.90. The fraction of sp³-hybridized carbons (Fsp3) is 0.462. The van der Waals surface area contributed by atoms with Gasteiger partial charge in [0.2, 0.25) is 5.95 Å². The van der Waals surface area contributed by atoms with Gasteiger partial charge in [0, 0.05) is 43.7 Å². The fourth-order valence-electron chi connectivity index (χ4n) is 4.57. The topological polar surface area (TPSA) is 71.5 Å². The molecule has 0 bridgehead atoms. The van der Waals surface area contributed by atoms with E-state index in [0.29, 0.717) is 12.0 Å². The molecule has 1 aliphatic rings. The third-order valence-corrected chi connectivity index (χ3v) is 6.43. The monoisotopic (exact) mass is 449 g/mol. The summed E-state index contributed by atoms with van der Waals surface area (Å²) in [5.74, 6) is 4.04. The molecule has 1 aliphatic carbocycles. The Kier molecular flexibility index (Phi) is 7.50. The molecule has 33 heavy (non-hydrogen) atoms. The van der Waals surface area contributed by atoms with Crippen LogP contribution in [0.3, 0.4) is 0 Å². The lowest BCUT2D eigenvalue weighted by Crippen LogP contribution is -2.31. The van der Waals surface area contributed by atoms with E-state index >= 15 is 0 Å². The number of nitrogens with zero attached hydrogens (tertiary/aromatic N) is 3. The molecule has 1 heterocycles. The molecule has 0 amide bonds. The van der Waals surface area contributed by atoms with E-state index in [1.165, 1.54) is 12.8 Å². The quantitative estimate of drug-likeness (QED) is 0.499. The standard InChI is InChI=1S/C26H35N5O2/c1-31(2)25-22-7-5-6-8-23(22)29-26(30-25)28-20-12-9-18(10-13-20)16-27-17-19-11-14-21(32-3)15-24(19)33-4/h5-8,11,14-15,18,20,27H,9-10,12-13,16-17H2,1-4H3,(H,28,29,30). The molecule has 7 heteroatoms. The normalized spacial score (nSPS) is 18.2. The molecular weight excluding hydrogens is 414 g/mol. The molecule has 7 nitrogen and oxygen atoms in total. The summed E-state index contributed by atoms with van der Waals surface area (Å²) in [4.78, 5) is 11.6. The van der Waals surface area contributed by atoms with Gasteiger partial charge >= 0.3 is 0 Å². The average Bonchev–Trinajstić information content (AvgIpc) is 2.84. The molecule has 176 valence electrons. The number of rotatable bonds is 9. The second kappa shape index (κ2) is 10.7. The summed E-state index contributed by atoms with van der Waals surface area (Å²) < 4.78 is 10.8. The zero-order valence-electron chi connectivity index (χ0n) is 20.1.